The lowest BCUT2D eigenvalue weighted by Gasteiger charge is -2.15. The van der Waals surface area contributed by atoms with Crippen molar-refractivity contribution in [1.29, 1.82) is 0 Å². The maximum absolute atomic E-state index is 12.6. The number of nitrogens with zero attached hydrogens (tertiary/aromatic N) is 3. The number of fused-ring (bicyclic) bond motifs is 2. The molecular formula is C20H21N5O2S. The summed E-state index contributed by atoms with van der Waals surface area (Å²) in [4.78, 5) is 8.32. The topological polar surface area (TPSA) is 101 Å². The monoisotopic (exact) mass is 395 g/mol. The minimum absolute atomic E-state index is 0.134. The fraction of sp³-hybridized carbons (Fsp3) is 0.350. The van der Waals surface area contributed by atoms with E-state index < -0.39 is 9.84 Å². The highest BCUT2D eigenvalue weighted by molar-refractivity contribution is 7.90. The van der Waals surface area contributed by atoms with Crippen LogP contribution < -0.4 is 5.32 Å². The Labute approximate surface area is 163 Å². The predicted molar refractivity (Wildman–Crippen MR) is 105 cm³/mol. The Morgan fingerprint density at radius 2 is 1.79 bits per heavy atom. The van der Waals surface area contributed by atoms with E-state index in [2.05, 4.69) is 31.5 Å². The number of nitrogens with one attached hydrogen (secondary N) is 2. The van der Waals surface area contributed by atoms with Crippen LogP contribution in [0.3, 0.4) is 0 Å². The number of aromatic amines is 1. The molecule has 7 nitrogen and oxygen atoms in total. The van der Waals surface area contributed by atoms with Crippen molar-refractivity contribution in [3.8, 4) is 0 Å². The second-order valence-electron chi connectivity index (χ2n) is 7.40. The standard InChI is InChI=1S/C20H21N5O2S/c26-28(27,12-15-7-1-2-10-21-15)20-23-19(24-25-20)22-18-16-8-3-5-13(16)11-14-6-4-9-17(14)18/h1-2,7,10-11H,3-6,8-9,12H2,(H2,22,23,24,25). The van der Waals surface area contributed by atoms with Gasteiger partial charge in [0.05, 0.1) is 5.69 Å². The average Bonchev–Trinajstić information content (AvgIpc) is 3.42. The molecule has 0 bridgehead atoms. The van der Waals surface area contributed by atoms with Crippen molar-refractivity contribution in [1.82, 2.24) is 20.2 Å². The van der Waals surface area contributed by atoms with E-state index in [0.717, 1.165) is 44.2 Å². The lowest BCUT2D eigenvalue weighted by molar-refractivity contribution is 0.586. The van der Waals surface area contributed by atoms with E-state index in [1.807, 2.05) is 0 Å². The molecule has 5 rings (SSSR count). The van der Waals surface area contributed by atoms with E-state index in [-0.39, 0.29) is 10.9 Å². The second kappa shape index (κ2) is 6.70. The summed E-state index contributed by atoms with van der Waals surface area (Å²) in [6.45, 7) is 0. The number of pyridine rings is 1. The molecule has 0 amide bonds. The van der Waals surface area contributed by atoms with Crippen molar-refractivity contribution < 1.29 is 8.42 Å². The van der Waals surface area contributed by atoms with Crippen LogP contribution in [0.1, 0.15) is 40.8 Å². The molecule has 2 aliphatic rings. The maximum Gasteiger partial charge on any atom is 0.247 e. The normalized spacial score (nSPS) is 15.4. The van der Waals surface area contributed by atoms with Crippen molar-refractivity contribution >= 4 is 21.5 Å². The van der Waals surface area contributed by atoms with Crippen LogP contribution >= 0.6 is 0 Å². The summed E-state index contributed by atoms with van der Waals surface area (Å²) < 4.78 is 25.3. The van der Waals surface area contributed by atoms with Crippen molar-refractivity contribution in [3.05, 3.63) is 58.4 Å². The third-order valence-corrected chi connectivity index (χ3v) is 6.98. The van der Waals surface area contributed by atoms with Gasteiger partial charge in [0.1, 0.15) is 5.75 Å². The molecule has 2 N–H and O–H groups in total. The van der Waals surface area contributed by atoms with Gasteiger partial charge in [0, 0.05) is 11.9 Å². The van der Waals surface area contributed by atoms with Gasteiger partial charge in [-0.05, 0) is 72.9 Å². The van der Waals surface area contributed by atoms with Gasteiger partial charge in [0.25, 0.3) is 0 Å². The predicted octanol–water partition coefficient (Wildman–Crippen LogP) is 2.89. The van der Waals surface area contributed by atoms with Crippen molar-refractivity contribution in [2.24, 2.45) is 0 Å². The molecular weight excluding hydrogens is 374 g/mol. The summed E-state index contributed by atoms with van der Waals surface area (Å²) in [6, 6.07) is 7.56. The fourth-order valence-corrected chi connectivity index (χ4v) is 5.37. The average molecular weight is 395 g/mol. The van der Waals surface area contributed by atoms with E-state index in [1.54, 1.807) is 24.4 Å². The minimum atomic E-state index is -3.64. The molecule has 0 atom stereocenters. The SMILES string of the molecule is O=S(=O)(Cc1ccccn1)c1nc(Nc2c3c(cc4c2CCC4)CCC3)n[nH]1. The van der Waals surface area contributed by atoms with E-state index in [1.165, 1.54) is 22.3 Å². The van der Waals surface area contributed by atoms with Crippen LogP contribution in [0.4, 0.5) is 11.6 Å². The lowest BCUT2D eigenvalue weighted by atomic mass is 9.99. The first-order chi connectivity index (χ1) is 13.6. The third-order valence-electron chi connectivity index (χ3n) is 5.53. The Morgan fingerprint density at radius 1 is 1.04 bits per heavy atom. The van der Waals surface area contributed by atoms with Crippen LogP contribution in [0.25, 0.3) is 0 Å². The molecule has 0 fully saturated rings. The molecule has 2 aromatic heterocycles. The van der Waals surface area contributed by atoms with Crippen molar-refractivity contribution in [2.75, 3.05) is 5.32 Å². The first-order valence-corrected chi connectivity index (χ1v) is 11.2. The van der Waals surface area contributed by atoms with Gasteiger partial charge in [-0.1, -0.05) is 12.1 Å². The number of H-pyrrole nitrogens is 1. The highest BCUT2D eigenvalue weighted by Crippen LogP contribution is 2.39. The van der Waals surface area contributed by atoms with E-state index in [0.29, 0.717) is 11.6 Å². The fourth-order valence-electron chi connectivity index (χ4n) is 4.27. The van der Waals surface area contributed by atoms with Gasteiger partial charge in [0.2, 0.25) is 20.9 Å². The molecule has 0 radical (unpaired) electrons. The Balaban J connectivity index is 1.44. The van der Waals surface area contributed by atoms with Crippen molar-refractivity contribution in [3.63, 3.8) is 0 Å². The molecule has 28 heavy (non-hydrogen) atoms. The van der Waals surface area contributed by atoms with E-state index in [4.69, 9.17) is 0 Å². The van der Waals surface area contributed by atoms with Crippen LogP contribution in [0.15, 0.2) is 35.6 Å². The van der Waals surface area contributed by atoms with Crippen LogP contribution in [-0.4, -0.2) is 28.6 Å². The van der Waals surface area contributed by atoms with Crippen LogP contribution in [0.5, 0.6) is 0 Å². The van der Waals surface area contributed by atoms with E-state index in [9.17, 15) is 8.42 Å². The van der Waals surface area contributed by atoms with Crippen molar-refractivity contribution in [2.45, 2.75) is 49.4 Å². The Bertz CT molecular complexity index is 1110. The van der Waals surface area contributed by atoms with Gasteiger partial charge in [-0.25, -0.2) is 13.5 Å². The van der Waals surface area contributed by atoms with Gasteiger partial charge in [-0.15, -0.1) is 5.10 Å². The molecule has 8 heteroatoms. The second-order valence-corrected chi connectivity index (χ2v) is 9.31. The molecule has 2 heterocycles. The molecule has 0 saturated heterocycles. The summed E-state index contributed by atoms with van der Waals surface area (Å²) in [5, 5.41) is 9.90. The molecule has 0 aliphatic heterocycles. The number of aryl methyl sites for hydroxylation is 2. The number of rotatable bonds is 5. The number of benzene rings is 1. The highest BCUT2D eigenvalue weighted by atomic mass is 32.2. The molecule has 0 unspecified atom stereocenters. The van der Waals surface area contributed by atoms with Crippen LogP contribution in [-0.2, 0) is 41.3 Å². The minimum Gasteiger partial charge on any atom is -0.322 e. The van der Waals surface area contributed by atoms with Gasteiger partial charge in [-0.3, -0.25) is 4.98 Å². The number of sulfone groups is 1. The molecule has 2 aliphatic carbocycles. The lowest BCUT2D eigenvalue weighted by Crippen LogP contribution is -2.08. The number of hydrogen-bond acceptors (Lipinski definition) is 6. The zero-order chi connectivity index (χ0) is 19.1. The maximum atomic E-state index is 12.6. The Kier molecular flexibility index (Phi) is 4.16. The summed E-state index contributed by atoms with van der Waals surface area (Å²) in [6.07, 6.45) is 8.19. The zero-order valence-corrected chi connectivity index (χ0v) is 16.2. The van der Waals surface area contributed by atoms with Gasteiger partial charge < -0.3 is 5.32 Å². The number of aromatic nitrogens is 4. The third kappa shape index (κ3) is 3.07. The van der Waals surface area contributed by atoms with Crippen LogP contribution in [0, 0.1) is 0 Å². The number of hydrogen-bond donors (Lipinski definition) is 2. The molecule has 1 aromatic carbocycles. The zero-order valence-electron chi connectivity index (χ0n) is 15.4. The van der Waals surface area contributed by atoms with Gasteiger partial charge in [-0.2, -0.15) is 4.98 Å². The summed E-state index contributed by atoms with van der Waals surface area (Å²) in [5.74, 6) is 0.0903. The Morgan fingerprint density at radius 3 is 2.46 bits per heavy atom. The summed E-state index contributed by atoms with van der Waals surface area (Å²) >= 11 is 0. The highest BCUT2D eigenvalue weighted by Gasteiger charge is 2.26. The molecule has 0 saturated carbocycles. The molecule has 3 aromatic rings. The molecule has 0 spiro atoms. The molecule has 144 valence electrons. The van der Waals surface area contributed by atoms with Gasteiger partial charge >= 0.3 is 0 Å². The summed E-state index contributed by atoms with van der Waals surface area (Å²) in [7, 11) is -3.64. The van der Waals surface area contributed by atoms with Crippen LogP contribution in [0.2, 0.25) is 0 Å². The quantitative estimate of drug-likeness (QED) is 0.689. The smallest absolute Gasteiger partial charge is 0.247 e. The van der Waals surface area contributed by atoms with Gasteiger partial charge in [0.15, 0.2) is 0 Å². The first kappa shape index (κ1) is 17.4. The first-order valence-electron chi connectivity index (χ1n) is 9.59. The largest absolute Gasteiger partial charge is 0.322 e. The van der Waals surface area contributed by atoms with E-state index >= 15 is 0 Å². The Hall–Kier alpha value is -2.74. The summed E-state index contributed by atoms with van der Waals surface area (Å²) in [5.41, 5.74) is 7.05. The number of anilines is 2.